The first kappa shape index (κ1) is 16.9. The summed E-state index contributed by atoms with van der Waals surface area (Å²) in [5, 5.41) is 3.04. The van der Waals surface area contributed by atoms with E-state index in [-0.39, 0.29) is 5.91 Å². The fourth-order valence-corrected chi connectivity index (χ4v) is 4.61. The van der Waals surface area contributed by atoms with Crippen LogP contribution in [0.5, 0.6) is 0 Å². The lowest BCUT2D eigenvalue weighted by Crippen LogP contribution is -2.48. The van der Waals surface area contributed by atoms with Crippen LogP contribution < -0.4 is 4.90 Å². The van der Waals surface area contributed by atoms with E-state index in [0.29, 0.717) is 0 Å². The first-order chi connectivity index (χ1) is 12.6. The summed E-state index contributed by atoms with van der Waals surface area (Å²) < 4.78 is 2.18. The van der Waals surface area contributed by atoms with E-state index in [9.17, 15) is 4.79 Å². The summed E-state index contributed by atoms with van der Waals surface area (Å²) in [7, 11) is 0. The van der Waals surface area contributed by atoms with Crippen molar-refractivity contribution in [1.29, 1.82) is 0 Å². The molecule has 0 atom stereocenters. The maximum atomic E-state index is 13.1. The lowest BCUT2D eigenvalue weighted by molar-refractivity contribution is 0.0747. The molecule has 1 fully saturated rings. The summed E-state index contributed by atoms with van der Waals surface area (Å²) in [5.41, 5.74) is 4.36. The number of amides is 1. The summed E-state index contributed by atoms with van der Waals surface area (Å²) >= 11 is 1.63. The Hall–Kier alpha value is -2.53. The maximum Gasteiger partial charge on any atom is 0.256 e. The Morgan fingerprint density at radius 3 is 2.19 bits per heavy atom. The van der Waals surface area contributed by atoms with E-state index in [1.807, 2.05) is 22.4 Å². The molecule has 1 aromatic carbocycles. The number of thiophene rings is 1. The standard InChI is InChI=1S/C21H23N3OS/c1-16-8-9-17(2)24(16)21-19(10-15-26-21)20(25)23-13-11-22(12-14-23)18-6-4-3-5-7-18/h3-10,15H,11-14H2,1-2H3. The smallest absolute Gasteiger partial charge is 0.256 e. The van der Waals surface area contributed by atoms with Crippen molar-refractivity contribution in [3.05, 3.63) is 70.9 Å². The largest absolute Gasteiger partial charge is 0.368 e. The molecule has 1 amide bonds. The lowest BCUT2D eigenvalue weighted by atomic mass is 10.2. The van der Waals surface area contributed by atoms with Crippen LogP contribution in [0.3, 0.4) is 0 Å². The number of hydrogen-bond donors (Lipinski definition) is 0. The van der Waals surface area contributed by atoms with Crippen LogP contribution in [-0.2, 0) is 0 Å². The van der Waals surface area contributed by atoms with E-state index in [4.69, 9.17) is 0 Å². The first-order valence-electron chi connectivity index (χ1n) is 8.97. The quantitative estimate of drug-likeness (QED) is 0.699. The number of para-hydroxylation sites is 1. The normalized spacial score (nSPS) is 14.7. The van der Waals surface area contributed by atoms with Crippen molar-refractivity contribution < 1.29 is 4.79 Å². The topological polar surface area (TPSA) is 28.5 Å². The molecule has 0 saturated carbocycles. The highest BCUT2D eigenvalue weighted by Crippen LogP contribution is 2.27. The highest BCUT2D eigenvalue weighted by atomic mass is 32.1. The van der Waals surface area contributed by atoms with Gasteiger partial charge in [0.25, 0.3) is 5.91 Å². The number of aryl methyl sites for hydroxylation is 2. The van der Waals surface area contributed by atoms with Crippen LogP contribution in [0.1, 0.15) is 21.7 Å². The molecule has 0 spiro atoms. The third-order valence-electron chi connectivity index (χ3n) is 5.04. The molecule has 1 aliphatic heterocycles. The van der Waals surface area contributed by atoms with Gasteiger partial charge >= 0.3 is 0 Å². The van der Waals surface area contributed by atoms with Crippen LogP contribution in [-0.4, -0.2) is 41.6 Å². The van der Waals surface area contributed by atoms with Gasteiger partial charge in [-0.05, 0) is 49.6 Å². The molecule has 0 N–H and O–H groups in total. The zero-order valence-electron chi connectivity index (χ0n) is 15.2. The Kier molecular flexibility index (Phi) is 4.55. The fraction of sp³-hybridized carbons (Fsp3) is 0.286. The molecule has 2 aromatic heterocycles. The van der Waals surface area contributed by atoms with E-state index >= 15 is 0 Å². The van der Waals surface area contributed by atoms with Crippen molar-refractivity contribution in [1.82, 2.24) is 9.47 Å². The monoisotopic (exact) mass is 365 g/mol. The first-order valence-corrected chi connectivity index (χ1v) is 9.85. The van der Waals surface area contributed by atoms with Crippen LogP contribution >= 0.6 is 11.3 Å². The van der Waals surface area contributed by atoms with Crippen molar-refractivity contribution in [3.63, 3.8) is 0 Å². The predicted molar refractivity (Wildman–Crippen MR) is 108 cm³/mol. The number of carbonyl (C=O) groups is 1. The summed E-state index contributed by atoms with van der Waals surface area (Å²) in [6.45, 7) is 7.42. The van der Waals surface area contributed by atoms with E-state index in [1.54, 1.807) is 11.3 Å². The summed E-state index contributed by atoms with van der Waals surface area (Å²) in [6, 6.07) is 16.6. The molecule has 1 aliphatic rings. The van der Waals surface area contributed by atoms with Gasteiger partial charge in [0, 0.05) is 43.3 Å². The van der Waals surface area contributed by atoms with Gasteiger partial charge in [-0.3, -0.25) is 4.79 Å². The second-order valence-corrected chi connectivity index (χ2v) is 7.60. The number of nitrogens with zero attached hydrogens (tertiary/aromatic N) is 3. The third kappa shape index (κ3) is 3.03. The second kappa shape index (κ2) is 7.00. The minimum atomic E-state index is 0.140. The maximum absolute atomic E-state index is 13.1. The van der Waals surface area contributed by atoms with Crippen molar-refractivity contribution in [2.45, 2.75) is 13.8 Å². The number of anilines is 1. The number of piperazine rings is 1. The van der Waals surface area contributed by atoms with Gasteiger partial charge < -0.3 is 14.4 Å². The van der Waals surface area contributed by atoms with Crippen molar-refractivity contribution >= 4 is 22.9 Å². The highest BCUT2D eigenvalue weighted by molar-refractivity contribution is 7.13. The Bertz CT molecular complexity index is 885. The molecule has 26 heavy (non-hydrogen) atoms. The summed E-state index contributed by atoms with van der Waals surface area (Å²) in [4.78, 5) is 17.5. The molecule has 3 heterocycles. The van der Waals surface area contributed by atoms with Crippen LogP contribution in [0.2, 0.25) is 0 Å². The number of benzene rings is 1. The van der Waals surface area contributed by atoms with Crippen molar-refractivity contribution in [3.8, 4) is 5.00 Å². The van der Waals surface area contributed by atoms with Crippen molar-refractivity contribution in [2.75, 3.05) is 31.1 Å². The summed E-state index contributed by atoms with van der Waals surface area (Å²) in [6.07, 6.45) is 0. The molecule has 3 aromatic rings. The number of carbonyl (C=O) groups excluding carboxylic acids is 1. The Morgan fingerprint density at radius 1 is 0.885 bits per heavy atom. The fourth-order valence-electron chi connectivity index (χ4n) is 3.60. The third-order valence-corrected chi connectivity index (χ3v) is 5.94. The van der Waals surface area contributed by atoms with Crippen LogP contribution in [0.4, 0.5) is 5.69 Å². The van der Waals surface area contributed by atoms with Gasteiger partial charge in [0.2, 0.25) is 0 Å². The molecule has 5 heteroatoms. The molecule has 4 nitrogen and oxygen atoms in total. The lowest BCUT2D eigenvalue weighted by Gasteiger charge is -2.36. The van der Waals surface area contributed by atoms with Gasteiger partial charge in [-0.25, -0.2) is 0 Å². The Labute approximate surface area is 158 Å². The Balaban J connectivity index is 1.51. The molecular weight excluding hydrogens is 342 g/mol. The van der Waals surface area contributed by atoms with E-state index in [1.165, 1.54) is 5.69 Å². The van der Waals surface area contributed by atoms with Gasteiger partial charge in [-0.15, -0.1) is 11.3 Å². The number of rotatable bonds is 3. The highest BCUT2D eigenvalue weighted by Gasteiger charge is 2.25. The zero-order chi connectivity index (χ0) is 18.1. The molecule has 0 bridgehead atoms. The number of hydrogen-bond acceptors (Lipinski definition) is 3. The van der Waals surface area contributed by atoms with Gasteiger partial charge in [0.1, 0.15) is 5.00 Å². The molecular formula is C21H23N3OS. The molecule has 0 aliphatic carbocycles. The minimum Gasteiger partial charge on any atom is -0.368 e. The van der Waals surface area contributed by atoms with Crippen LogP contribution in [0, 0.1) is 13.8 Å². The Morgan fingerprint density at radius 2 is 1.54 bits per heavy atom. The second-order valence-electron chi connectivity index (χ2n) is 6.71. The van der Waals surface area contributed by atoms with Gasteiger partial charge in [0.15, 0.2) is 0 Å². The average Bonchev–Trinajstić information content (AvgIpc) is 3.28. The molecule has 1 saturated heterocycles. The van der Waals surface area contributed by atoms with Crippen LogP contribution in [0.15, 0.2) is 53.9 Å². The molecule has 4 rings (SSSR count). The molecule has 0 unspecified atom stereocenters. The molecule has 0 radical (unpaired) electrons. The van der Waals surface area contributed by atoms with E-state index < -0.39 is 0 Å². The SMILES string of the molecule is Cc1ccc(C)n1-c1sccc1C(=O)N1CCN(c2ccccc2)CC1. The van der Waals surface area contributed by atoms with E-state index in [2.05, 4.69) is 59.7 Å². The average molecular weight is 366 g/mol. The van der Waals surface area contributed by atoms with E-state index in [0.717, 1.165) is 48.1 Å². The number of aromatic nitrogens is 1. The predicted octanol–water partition coefficient (Wildman–Crippen LogP) is 4.12. The molecule has 134 valence electrons. The summed E-state index contributed by atoms with van der Waals surface area (Å²) in [5.74, 6) is 0.140. The van der Waals surface area contributed by atoms with Gasteiger partial charge in [0.05, 0.1) is 5.56 Å². The zero-order valence-corrected chi connectivity index (χ0v) is 16.0. The van der Waals surface area contributed by atoms with Crippen LogP contribution in [0.25, 0.3) is 5.00 Å². The minimum absolute atomic E-state index is 0.140. The van der Waals surface area contributed by atoms with Crippen molar-refractivity contribution in [2.24, 2.45) is 0 Å². The van der Waals surface area contributed by atoms with Gasteiger partial charge in [-0.2, -0.15) is 0 Å². The van der Waals surface area contributed by atoms with Gasteiger partial charge in [-0.1, -0.05) is 18.2 Å².